The third kappa shape index (κ3) is 6.24. The number of carboxylic acids is 1. The molecule has 120 valence electrons. The summed E-state index contributed by atoms with van der Waals surface area (Å²) in [5, 5.41) is 14.5. The van der Waals surface area contributed by atoms with Crippen LogP contribution in [-0.2, 0) is 9.59 Å². The highest BCUT2D eigenvalue weighted by Crippen LogP contribution is 2.11. The van der Waals surface area contributed by atoms with E-state index in [0.29, 0.717) is 38.1 Å². The van der Waals surface area contributed by atoms with Crippen LogP contribution in [0.25, 0.3) is 0 Å². The zero-order valence-corrected chi connectivity index (χ0v) is 13.2. The van der Waals surface area contributed by atoms with Gasteiger partial charge in [0.2, 0.25) is 5.91 Å². The van der Waals surface area contributed by atoms with Gasteiger partial charge in [0.05, 0.1) is 0 Å². The molecule has 1 fully saturated rings. The van der Waals surface area contributed by atoms with Crippen LogP contribution < -0.4 is 10.6 Å². The average Bonchev–Trinajstić information content (AvgIpc) is 2.43. The maximum absolute atomic E-state index is 12.1. The van der Waals surface area contributed by atoms with Gasteiger partial charge in [-0.3, -0.25) is 4.79 Å². The molecule has 1 aliphatic heterocycles. The highest BCUT2D eigenvalue weighted by molar-refractivity contribution is 7.98. The molecule has 3 N–H and O–H groups in total. The van der Waals surface area contributed by atoms with Gasteiger partial charge in [0.1, 0.15) is 6.04 Å². The van der Waals surface area contributed by atoms with E-state index in [0.717, 1.165) is 0 Å². The van der Waals surface area contributed by atoms with Gasteiger partial charge in [-0.1, -0.05) is 0 Å². The lowest BCUT2D eigenvalue weighted by Gasteiger charge is -2.33. The molecule has 7 nitrogen and oxygen atoms in total. The lowest BCUT2D eigenvalue weighted by atomic mass is 10.1. The number of urea groups is 1. The zero-order valence-electron chi connectivity index (χ0n) is 12.4. The zero-order chi connectivity index (χ0) is 15.8. The third-order valence-corrected chi connectivity index (χ3v) is 4.04. The lowest BCUT2D eigenvalue weighted by molar-refractivity contribution is -0.139. The number of amides is 3. The van der Waals surface area contributed by atoms with Crippen molar-refractivity contribution < 1.29 is 19.5 Å². The van der Waals surface area contributed by atoms with Crippen molar-refractivity contribution in [1.29, 1.82) is 0 Å². The first-order valence-electron chi connectivity index (χ1n) is 6.98. The first kappa shape index (κ1) is 17.6. The second-order valence-corrected chi connectivity index (χ2v) is 6.07. The van der Waals surface area contributed by atoms with E-state index in [9.17, 15) is 14.4 Å². The van der Waals surface area contributed by atoms with E-state index in [2.05, 4.69) is 10.6 Å². The molecule has 0 aromatic rings. The highest BCUT2D eigenvalue weighted by Gasteiger charge is 2.26. The van der Waals surface area contributed by atoms with Crippen molar-refractivity contribution in [3.8, 4) is 0 Å². The van der Waals surface area contributed by atoms with E-state index < -0.39 is 12.0 Å². The summed E-state index contributed by atoms with van der Waals surface area (Å²) in [6.07, 6.45) is 3.68. The number of carbonyl (C=O) groups excluding carboxylic acids is 2. The van der Waals surface area contributed by atoms with Crippen LogP contribution in [0, 0.1) is 0 Å². The Bertz CT molecular complexity index is 384. The van der Waals surface area contributed by atoms with Crippen LogP contribution in [0.1, 0.15) is 26.2 Å². The van der Waals surface area contributed by atoms with Crippen LogP contribution in [0.4, 0.5) is 4.79 Å². The number of piperidine rings is 1. The smallest absolute Gasteiger partial charge is 0.326 e. The number of nitrogens with one attached hydrogen (secondary N) is 2. The summed E-state index contributed by atoms with van der Waals surface area (Å²) in [5.74, 6) is -0.395. The summed E-state index contributed by atoms with van der Waals surface area (Å²) in [6, 6.07) is -1.10. The molecule has 1 atom stereocenters. The maximum atomic E-state index is 12.1. The van der Waals surface area contributed by atoms with E-state index in [-0.39, 0.29) is 18.0 Å². The molecule has 0 aliphatic carbocycles. The van der Waals surface area contributed by atoms with Gasteiger partial charge in [-0.15, -0.1) is 0 Å². The Morgan fingerprint density at radius 2 is 1.95 bits per heavy atom. The van der Waals surface area contributed by atoms with Gasteiger partial charge in [0, 0.05) is 26.1 Å². The Hall–Kier alpha value is -1.44. The quantitative estimate of drug-likeness (QED) is 0.663. The van der Waals surface area contributed by atoms with Crippen LogP contribution in [0.5, 0.6) is 0 Å². The number of rotatable bonds is 6. The number of carbonyl (C=O) groups is 3. The molecule has 0 radical (unpaired) electrons. The standard InChI is InChI=1S/C13H23N3O4S/c1-9(17)14-10-3-6-16(7-4-10)13(20)15-11(12(18)19)5-8-21-2/h10-11H,3-8H2,1-2H3,(H,14,17)(H,15,20)(H,18,19)/t11-/m1/s1. The number of hydrogen-bond donors (Lipinski definition) is 3. The topological polar surface area (TPSA) is 98.7 Å². The molecule has 1 rings (SSSR count). The number of likely N-dealkylation sites (tertiary alicyclic amines) is 1. The van der Waals surface area contributed by atoms with Crippen LogP contribution in [0.2, 0.25) is 0 Å². The molecule has 0 saturated carbocycles. The van der Waals surface area contributed by atoms with Crippen LogP contribution >= 0.6 is 11.8 Å². The summed E-state index contributed by atoms with van der Waals surface area (Å²) in [4.78, 5) is 35.8. The normalized spacial score (nSPS) is 17.1. The minimum atomic E-state index is -1.01. The first-order chi connectivity index (χ1) is 9.93. The van der Waals surface area contributed by atoms with Gasteiger partial charge in [-0.05, 0) is 31.3 Å². The molecule has 0 bridgehead atoms. The minimum absolute atomic E-state index is 0.0686. The Morgan fingerprint density at radius 1 is 1.33 bits per heavy atom. The fraction of sp³-hybridized carbons (Fsp3) is 0.769. The number of hydrogen-bond acceptors (Lipinski definition) is 4. The lowest BCUT2D eigenvalue weighted by Crippen LogP contribution is -2.52. The monoisotopic (exact) mass is 317 g/mol. The molecule has 1 aliphatic rings. The first-order valence-corrected chi connectivity index (χ1v) is 8.37. The molecule has 1 heterocycles. The molecule has 3 amide bonds. The summed E-state index contributed by atoms with van der Waals surface area (Å²) >= 11 is 1.55. The van der Waals surface area contributed by atoms with Crippen molar-refractivity contribution in [3.05, 3.63) is 0 Å². The predicted molar refractivity (Wildman–Crippen MR) is 81.4 cm³/mol. The van der Waals surface area contributed by atoms with Crippen molar-refractivity contribution in [2.24, 2.45) is 0 Å². The van der Waals surface area contributed by atoms with Crippen molar-refractivity contribution in [3.63, 3.8) is 0 Å². The number of carboxylic acid groups (broad SMARTS) is 1. The molecule has 21 heavy (non-hydrogen) atoms. The van der Waals surface area contributed by atoms with E-state index in [1.807, 2.05) is 6.26 Å². The van der Waals surface area contributed by atoms with Gasteiger partial charge < -0.3 is 20.6 Å². The van der Waals surface area contributed by atoms with E-state index in [4.69, 9.17) is 5.11 Å². The molecule has 0 spiro atoms. The molecule has 1 saturated heterocycles. The summed E-state index contributed by atoms with van der Waals surface area (Å²) < 4.78 is 0. The molecular weight excluding hydrogens is 294 g/mol. The summed E-state index contributed by atoms with van der Waals surface area (Å²) in [7, 11) is 0. The van der Waals surface area contributed by atoms with E-state index in [1.54, 1.807) is 16.7 Å². The van der Waals surface area contributed by atoms with E-state index in [1.165, 1.54) is 6.92 Å². The van der Waals surface area contributed by atoms with Gasteiger partial charge >= 0.3 is 12.0 Å². The second kappa shape index (κ2) is 8.76. The minimum Gasteiger partial charge on any atom is -0.480 e. The van der Waals surface area contributed by atoms with Crippen LogP contribution in [0.15, 0.2) is 0 Å². The molecule has 0 aromatic carbocycles. The summed E-state index contributed by atoms with van der Waals surface area (Å²) in [6.45, 7) is 2.51. The van der Waals surface area contributed by atoms with Crippen LogP contribution in [-0.4, -0.2) is 65.1 Å². The van der Waals surface area contributed by atoms with Gasteiger partial charge in [-0.2, -0.15) is 11.8 Å². The van der Waals surface area contributed by atoms with Gasteiger partial charge in [0.25, 0.3) is 0 Å². The van der Waals surface area contributed by atoms with Crippen molar-refractivity contribution in [2.45, 2.75) is 38.3 Å². The van der Waals surface area contributed by atoms with Gasteiger partial charge in [0.15, 0.2) is 0 Å². The Labute approximate surface area is 128 Å². The SMILES string of the molecule is CSCC[C@@H](NC(=O)N1CCC(NC(C)=O)CC1)C(=O)O. The summed E-state index contributed by atoms with van der Waals surface area (Å²) in [5.41, 5.74) is 0. The third-order valence-electron chi connectivity index (χ3n) is 3.40. The Balaban J connectivity index is 2.41. The average molecular weight is 317 g/mol. The van der Waals surface area contributed by atoms with E-state index >= 15 is 0 Å². The number of nitrogens with zero attached hydrogens (tertiary/aromatic N) is 1. The van der Waals surface area contributed by atoms with Crippen molar-refractivity contribution in [1.82, 2.24) is 15.5 Å². The predicted octanol–water partition coefficient (Wildman–Crippen LogP) is 0.503. The molecular formula is C13H23N3O4S. The number of aliphatic carboxylic acids is 1. The van der Waals surface area contributed by atoms with Crippen molar-refractivity contribution in [2.75, 3.05) is 25.1 Å². The second-order valence-electron chi connectivity index (χ2n) is 5.08. The Morgan fingerprint density at radius 3 is 2.43 bits per heavy atom. The Kier molecular flexibility index (Phi) is 7.35. The fourth-order valence-corrected chi connectivity index (χ4v) is 2.72. The highest BCUT2D eigenvalue weighted by atomic mass is 32.2. The number of thioether (sulfide) groups is 1. The van der Waals surface area contributed by atoms with Crippen LogP contribution in [0.3, 0.4) is 0 Å². The molecule has 0 aromatic heterocycles. The largest absolute Gasteiger partial charge is 0.480 e. The molecule has 0 unspecified atom stereocenters. The van der Waals surface area contributed by atoms with Crippen molar-refractivity contribution >= 4 is 29.7 Å². The fourth-order valence-electron chi connectivity index (χ4n) is 2.25. The molecule has 8 heteroatoms. The van der Waals surface area contributed by atoms with Gasteiger partial charge in [-0.25, -0.2) is 9.59 Å². The maximum Gasteiger partial charge on any atom is 0.326 e.